The van der Waals surface area contributed by atoms with Gasteiger partial charge in [-0.05, 0) is 39.0 Å². The molecule has 120 valence electrons. The Bertz CT molecular complexity index is 696. The number of rotatable bonds is 3. The zero-order valence-corrected chi connectivity index (χ0v) is 13.2. The number of nitrogens with one attached hydrogen (secondary N) is 2. The van der Waals surface area contributed by atoms with E-state index >= 15 is 0 Å². The molecule has 2 rings (SSSR count). The van der Waals surface area contributed by atoms with Gasteiger partial charge in [0.1, 0.15) is 11.4 Å². The number of carbonyl (C=O) groups is 2. The van der Waals surface area contributed by atoms with Crippen molar-refractivity contribution in [1.82, 2.24) is 9.97 Å². The highest BCUT2D eigenvalue weighted by atomic mass is 16.6. The van der Waals surface area contributed by atoms with E-state index in [1.54, 1.807) is 45.0 Å². The van der Waals surface area contributed by atoms with Gasteiger partial charge in [-0.2, -0.15) is 4.98 Å². The highest BCUT2D eigenvalue weighted by molar-refractivity contribution is 6.03. The SMILES string of the molecule is CC(C)(C)OC(=O)Nc1ccnc(NC(=O)c2ccccc2)n1. The van der Waals surface area contributed by atoms with Crippen molar-refractivity contribution in [1.29, 1.82) is 0 Å². The van der Waals surface area contributed by atoms with Crippen LogP contribution in [-0.2, 0) is 4.74 Å². The standard InChI is InChI=1S/C16H18N4O3/c1-16(2,3)23-15(22)19-12-9-10-17-14(18-12)20-13(21)11-7-5-4-6-8-11/h4-10H,1-3H3,(H2,17,18,19,20,21,22). The van der Waals surface area contributed by atoms with Crippen LogP contribution in [0.15, 0.2) is 42.6 Å². The second-order valence-corrected chi connectivity index (χ2v) is 5.71. The Hall–Kier alpha value is -2.96. The maximum absolute atomic E-state index is 12.0. The predicted octanol–water partition coefficient (Wildman–Crippen LogP) is 3.08. The lowest BCUT2D eigenvalue weighted by molar-refractivity contribution is 0.0635. The van der Waals surface area contributed by atoms with Crippen molar-refractivity contribution >= 4 is 23.8 Å². The summed E-state index contributed by atoms with van der Waals surface area (Å²) in [5.74, 6) is -0.00922. The Kier molecular flexibility index (Phi) is 4.90. The van der Waals surface area contributed by atoms with Crippen LogP contribution in [-0.4, -0.2) is 27.6 Å². The minimum atomic E-state index is -0.628. The molecule has 1 heterocycles. The second-order valence-electron chi connectivity index (χ2n) is 5.71. The number of nitrogens with zero attached hydrogens (tertiary/aromatic N) is 2. The van der Waals surface area contributed by atoms with Gasteiger partial charge in [-0.3, -0.25) is 15.4 Å². The molecule has 0 fully saturated rings. The molecular weight excluding hydrogens is 296 g/mol. The molecule has 1 aromatic carbocycles. The second kappa shape index (κ2) is 6.87. The Morgan fingerprint density at radius 2 is 1.74 bits per heavy atom. The molecule has 7 heteroatoms. The number of aromatic nitrogens is 2. The summed E-state index contributed by atoms with van der Waals surface area (Å²) < 4.78 is 5.13. The lowest BCUT2D eigenvalue weighted by Crippen LogP contribution is -2.27. The van der Waals surface area contributed by atoms with Gasteiger partial charge in [0.05, 0.1) is 0 Å². The van der Waals surface area contributed by atoms with Gasteiger partial charge in [0.2, 0.25) is 5.95 Å². The van der Waals surface area contributed by atoms with E-state index in [9.17, 15) is 9.59 Å². The molecule has 0 unspecified atom stereocenters. The number of benzene rings is 1. The van der Waals surface area contributed by atoms with E-state index in [0.717, 1.165) is 0 Å². The van der Waals surface area contributed by atoms with Crippen molar-refractivity contribution in [2.75, 3.05) is 10.6 Å². The summed E-state index contributed by atoms with van der Waals surface area (Å²) in [6, 6.07) is 10.2. The normalized spacial score (nSPS) is 10.7. The molecule has 2 N–H and O–H groups in total. The number of ether oxygens (including phenoxy) is 1. The van der Waals surface area contributed by atoms with Gasteiger partial charge in [-0.1, -0.05) is 18.2 Å². The molecule has 0 saturated heterocycles. The quantitative estimate of drug-likeness (QED) is 0.908. The van der Waals surface area contributed by atoms with Gasteiger partial charge < -0.3 is 4.74 Å². The number of carbonyl (C=O) groups excluding carboxylic acids is 2. The van der Waals surface area contributed by atoms with Gasteiger partial charge in [-0.25, -0.2) is 9.78 Å². The summed E-state index contributed by atoms with van der Waals surface area (Å²) in [6.45, 7) is 5.29. The largest absolute Gasteiger partial charge is 0.444 e. The fraction of sp³-hybridized carbons (Fsp3) is 0.250. The van der Waals surface area contributed by atoms with Crippen molar-refractivity contribution in [3.8, 4) is 0 Å². The summed E-state index contributed by atoms with van der Waals surface area (Å²) >= 11 is 0. The fourth-order valence-electron chi connectivity index (χ4n) is 1.66. The van der Waals surface area contributed by atoms with Gasteiger partial charge in [0, 0.05) is 11.8 Å². The topological polar surface area (TPSA) is 93.2 Å². The molecule has 0 bridgehead atoms. The van der Waals surface area contributed by atoms with E-state index in [2.05, 4.69) is 20.6 Å². The Morgan fingerprint density at radius 1 is 1.04 bits per heavy atom. The summed E-state index contributed by atoms with van der Waals surface area (Å²) in [7, 11) is 0. The van der Waals surface area contributed by atoms with E-state index in [1.165, 1.54) is 12.3 Å². The van der Waals surface area contributed by atoms with Crippen LogP contribution in [0.4, 0.5) is 16.6 Å². The van der Waals surface area contributed by atoms with Crippen molar-refractivity contribution in [2.45, 2.75) is 26.4 Å². The Morgan fingerprint density at radius 3 is 2.39 bits per heavy atom. The maximum atomic E-state index is 12.0. The van der Waals surface area contributed by atoms with Crippen molar-refractivity contribution in [3.63, 3.8) is 0 Å². The number of hydrogen-bond donors (Lipinski definition) is 2. The van der Waals surface area contributed by atoms with E-state index in [0.29, 0.717) is 5.56 Å². The van der Waals surface area contributed by atoms with Crippen LogP contribution in [0, 0.1) is 0 Å². The lowest BCUT2D eigenvalue weighted by atomic mass is 10.2. The summed E-state index contributed by atoms with van der Waals surface area (Å²) in [6.07, 6.45) is 0.803. The fourth-order valence-corrected chi connectivity index (χ4v) is 1.66. The lowest BCUT2D eigenvalue weighted by Gasteiger charge is -2.19. The zero-order chi connectivity index (χ0) is 16.9. The van der Waals surface area contributed by atoms with Crippen LogP contribution in [0.3, 0.4) is 0 Å². The molecule has 2 aromatic rings. The van der Waals surface area contributed by atoms with E-state index in [-0.39, 0.29) is 17.7 Å². The first kappa shape index (κ1) is 16.4. The summed E-state index contributed by atoms with van der Waals surface area (Å²) in [5.41, 5.74) is -0.122. The van der Waals surface area contributed by atoms with Gasteiger partial charge in [0.25, 0.3) is 5.91 Å². The van der Waals surface area contributed by atoms with Crippen LogP contribution in [0.1, 0.15) is 31.1 Å². The zero-order valence-electron chi connectivity index (χ0n) is 13.2. The average molecular weight is 314 g/mol. The molecule has 2 amide bonds. The monoisotopic (exact) mass is 314 g/mol. The van der Waals surface area contributed by atoms with E-state index in [1.807, 2.05) is 6.07 Å². The van der Waals surface area contributed by atoms with Crippen LogP contribution >= 0.6 is 0 Å². The number of hydrogen-bond acceptors (Lipinski definition) is 5. The minimum Gasteiger partial charge on any atom is -0.444 e. The van der Waals surface area contributed by atoms with Crippen molar-refractivity contribution < 1.29 is 14.3 Å². The summed E-state index contributed by atoms with van der Waals surface area (Å²) in [5, 5.41) is 5.06. The highest BCUT2D eigenvalue weighted by Crippen LogP contribution is 2.11. The molecule has 1 aromatic heterocycles. The first-order valence-electron chi connectivity index (χ1n) is 7.03. The number of anilines is 2. The third-order valence-electron chi connectivity index (χ3n) is 2.55. The van der Waals surface area contributed by atoms with E-state index < -0.39 is 11.7 Å². The van der Waals surface area contributed by atoms with Gasteiger partial charge in [0.15, 0.2) is 0 Å². The van der Waals surface area contributed by atoms with Crippen LogP contribution in [0.25, 0.3) is 0 Å². The van der Waals surface area contributed by atoms with Gasteiger partial charge in [-0.15, -0.1) is 0 Å². The smallest absolute Gasteiger partial charge is 0.413 e. The molecule has 0 aliphatic carbocycles. The van der Waals surface area contributed by atoms with Crippen LogP contribution < -0.4 is 10.6 Å². The molecule has 0 spiro atoms. The third-order valence-corrected chi connectivity index (χ3v) is 2.55. The first-order valence-corrected chi connectivity index (χ1v) is 7.03. The molecule has 0 saturated carbocycles. The van der Waals surface area contributed by atoms with E-state index in [4.69, 9.17) is 4.74 Å². The average Bonchev–Trinajstić information content (AvgIpc) is 2.46. The maximum Gasteiger partial charge on any atom is 0.413 e. The predicted molar refractivity (Wildman–Crippen MR) is 86.3 cm³/mol. The molecule has 7 nitrogen and oxygen atoms in total. The van der Waals surface area contributed by atoms with Crippen molar-refractivity contribution in [3.05, 3.63) is 48.2 Å². The summed E-state index contributed by atoms with van der Waals surface area (Å²) in [4.78, 5) is 31.7. The minimum absolute atomic E-state index is 0.0902. The molecule has 0 aliphatic rings. The number of amides is 2. The Labute approximate surface area is 134 Å². The molecule has 0 radical (unpaired) electrons. The molecule has 0 aliphatic heterocycles. The van der Waals surface area contributed by atoms with Crippen LogP contribution in [0.5, 0.6) is 0 Å². The Balaban J connectivity index is 2.02. The van der Waals surface area contributed by atoms with Gasteiger partial charge >= 0.3 is 6.09 Å². The van der Waals surface area contributed by atoms with Crippen molar-refractivity contribution in [2.24, 2.45) is 0 Å². The first-order chi connectivity index (χ1) is 10.8. The molecular formula is C16H18N4O3. The molecule has 23 heavy (non-hydrogen) atoms. The van der Waals surface area contributed by atoms with Crippen LogP contribution in [0.2, 0.25) is 0 Å². The molecule has 0 atom stereocenters. The third kappa shape index (κ3) is 5.39. The highest BCUT2D eigenvalue weighted by Gasteiger charge is 2.17.